The fourth-order valence-corrected chi connectivity index (χ4v) is 3.71. The normalized spacial score (nSPS) is 20.8. The molecule has 3 N–H and O–H groups in total. The topological polar surface area (TPSA) is 127 Å². The van der Waals surface area contributed by atoms with Crippen LogP contribution in [-0.2, 0) is 10.0 Å². The Balaban J connectivity index is 2.39. The molecule has 1 aliphatic rings. The van der Waals surface area contributed by atoms with Gasteiger partial charge in [0.2, 0.25) is 10.0 Å². The molecule has 1 aromatic rings. The van der Waals surface area contributed by atoms with Gasteiger partial charge in [-0.25, -0.2) is 8.42 Å². The van der Waals surface area contributed by atoms with Crippen LogP contribution in [0.4, 0.5) is 5.69 Å². The molecule has 1 saturated heterocycles. The summed E-state index contributed by atoms with van der Waals surface area (Å²) >= 11 is 0. The smallest absolute Gasteiger partial charge is 0.312 e. The molecular formula is C11H15N3O5S. The van der Waals surface area contributed by atoms with Gasteiger partial charge in [0.25, 0.3) is 0 Å². The molecule has 0 amide bonds. The third kappa shape index (κ3) is 2.74. The van der Waals surface area contributed by atoms with Crippen molar-refractivity contribution in [1.29, 1.82) is 0 Å². The Kier molecular flexibility index (Phi) is 3.93. The van der Waals surface area contributed by atoms with Gasteiger partial charge >= 0.3 is 5.69 Å². The molecule has 0 bridgehead atoms. The van der Waals surface area contributed by atoms with Crippen LogP contribution < -0.4 is 5.73 Å². The van der Waals surface area contributed by atoms with E-state index >= 15 is 0 Å². The highest BCUT2D eigenvalue weighted by molar-refractivity contribution is 7.89. The number of phenolic OH excluding ortho intramolecular Hbond substituents is 1. The number of phenols is 1. The van der Waals surface area contributed by atoms with E-state index in [-0.39, 0.29) is 17.5 Å². The first kappa shape index (κ1) is 14.7. The second-order valence-electron chi connectivity index (χ2n) is 4.67. The molecule has 0 aliphatic carbocycles. The first-order valence-electron chi connectivity index (χ1n) is 6.05. The minimum absolute atomic E-state index is 0.191. The van der Waals surface area contributed by atoms with Crippen LogP contribution in [0.5, 0.6) is 5.75 Å². The Morgan fingerprint density at radius 3 is 2.75 bits per heavy atom. The highest BCUT2D eigenvalue weighted by Gasteiger charge is 2.30. The number of benzene rings is 1. The maximum Gasteiger partial charge on any atom is 0.312 e. The molecule has 0 aromatic heterocycles. The second kappa shape index (κ2) is 5.35. The first-order valence-corrected chi connectivity index (χ1v) is 7.49. The number of nitro benzene ring substituents is 1. The lowest BCUT2D eigenvalue weighted by molar-refractivity contribution is -0.386. The SMILES string of the molecule is N[C@@H]1CCCN(S(=O)(=O)c2ccc(O)c([N+](=O)[O-])c2)C1. The Hall–Kier alpha value is -1.71. The van der Waals surface area contributed by atoms with Crippen molar-refractivity contribution in [3.8, 4) is 5.75 Å². The maximum absolute atomic E-state index is 12.4. The quantitative estimate of drug-likeness (QED) is 0.615. The van der Waals surface area contributed by atoms with Crippen molar-refractivity contribution in [3.05, 3.63) is 28.3 Å². The van der Waals surface area contributed by atoms with Crippen LogP contribution in [0.2, 0.25) is 0 Å². The number of piperidine rings is 1. The average Bonchev–Trinajstić information content (AvgIpc) is 2.38. The summed E-state index contributed by atoms with van der Waals surface area (Å²) in [4.78, 5) is 9.71. The zero-order chi connectivity index (χ0) is 14.9. The van der Waals surface area contributed by atoms with Gasteiger partial charge < -0.3 is 10.8 Å². The molecule has 1 aromatic carbocycles. The molecular weight excluding hydrogens is 286 g/mol. The predicted molar refractivity (Wildman–Crippen MR) is 70.7 cm³/mol. The van der Waals surface area contributed by atoms with Crippen LogP contribution in [0.3, 0.4) is 0 Å². The Bertz CT molecular complexity index is 631. The predicted octanol–water partition coefficient (Wildman–Crippen LogP) is 0.412. The average molecular weight is 301 g/mol. The summed E-state index contributed by atoms with van der Waals surface area (Å²) in [6.07, 6.45) is 1.41. The second-order valence-corrected chi connectivity index (χ2v) is 6.61. The van der Waals surface area contributed by atoms with E-state index in [1.165, 1.54) is 4.31 Å². The third-order valence-electron chi connectivity index (χ3n) is 3.20. The Labute approximate surface area is 116 Å². The van der Waals surface area contributed by atoms with E-state index in [1.807, 2.05) is 0 Å². The van der Waals surface area contributed by atoms with Crippen LogP contribution in [0.25, 0.3) is 0 Å². The number of nitro groups is 1. The number of nitrogens with zero attached hydrogens (tertiary/aromatic N) is 2. The van der Waals surface area contributed by atoms with E-state index in [9.17, 15) is 23.6 Å². The lowest BCUT2D eigenvalue weighted by Crippen LogP contribution is -2.45. The zero-order valence-corrected chi connectivity index (χ0v) is 11.4. The van der Waals surface area contributed by atoms with E-state index in [2.05, 4.69) is 0 Å². The van der Waals surface area contributed by atoms with Gasteiger partial charge in [0.05, 0.1) is 9.82 Å². The van der Waals surface area contributed by atoms with Gasteiger partial charge in [0.1, 0.15) is 0 Å². The van der Waals surface area contributed by atoms with E-state index in [0.29, 0.717) is 13.0 Å². The monoisotopic (exact) mass is 301 g/mol. The molecule has 1 heterocycles. The van der Waals surface area contributed by atoms with E-state index in [4.69, 9.17) is 5.73 Å². The van der Waals surface area contributed by atoms with Gasteiger partial charge in [0.15, 0.2) is 5.75 Å². The number of nitrogens with two attached hydrogens (primary N) is 1. The van der Waals surface area contributed by atoms with Crippen LogP contribution in [0, 0.1) is 10.1 Å². The van der Waals surface area contributed by atoms with Crippen molar-refractivity contribution in [1.82, 2.24) is 4.31 Å². The van der Waals surface area contributed by atoms with Gasteiger partial charge in [-0.15, -0.1) is 0 Å². The standard InChI is InChI=1S/C11H15N3O5S/c12-8-2-1-5-13(7-8)20(18,19)9-3-4-11(15)10(6-9)14(16)17/h3-4,6,8,15H,1-2,5,7,12H2/t8-/m1/s1. The van der Waals surface area contributed by atoms with Gasteiger partial charge in [0, 0.05) is 25.2 Å². The lowest BCUT2D eigenvalue weighted by atomic mass is 10.1. The Morgan fingerprint density at radius 2 is 2.15 bits per heavy atom. The molecule has 20 heavy (non-hydrogen) atoms. The molecule has 0 saturated carbocycles. The van der Waals surface area contributed by atoms with Gasteiger partial charge in [-0.1, -0.05) is 0 Å². The van der Waals surface area contributed by atoms with Gasteiger partial charge in [-0.3, -0.25) is 10.1 Å². The molecule has 0 radical (unpaired) electrons. The van der Waals surface area contributed by atoms with Crippen molar-refractivity contribution in [2.75, 3.05) is 13.1 Å². The van der Waals surface area contributed by atoms with Crippen molar-refractivity contribution in [3.63, 3.8) is 0 Å². The summed E-state index contributed by atoms with van der Waals surface area (Å²) in [6.45, 7) is 0.529. The first-order chi connectivity index (χ1) is 9.32. The van der Waals surface area contributed by atoms with E-state index < -0.39 is 26.4 Å². The molecule has 8 nitrogen and oxygen atoms in total. The van der Waals surface area contributed by atoms with Crippen LogP contribution in [0.1, 0.15) is 12.8 Å². The van der Waals surface area contributed by atoms with Gasteiger partial charge in [-0.05, 0) is 25.0 Å². The molecule has 0 spiro atoms. The summed E-state index contributed by atoms with van der Waals surface area (Å²) in [6, 6.07) is 2.79. The van der Waals surface area contributed by atoms with Gasteiger partial charge in [-0.2, -0.15) is 4.31 Å². The van der Waals surface area contributed by atoms with Crippen molar-refractivity contribution < 1.29 is 18.4 Å². The van der Waals surface area contributed by atoms with Crippen LogP contribution in [0.15, 0.2) is 23.1 Å². The number of hydrogen-bond acceptors (Lipinski definition) is 6. The highest BCUT2D eigenvalue weighted by atomic mass is 32.2. The van der Waals surface area contributed by atoms with Crippen molar-refractivity contribution >= 4 is 15.7 Å². The number of aromatic hydroxyl groups is 1. The Morgan fingerprint density at radius 1 is 1.45 bits per heavy atom. The highest BCUT2D eigenvalue weighted by Crippen LogP contribution is 2.30. The van der Waals surface area contributed by atoms with Crippen LogP contribution in [-0.4, -0.2) is 41.9 Å². The molecule has 1 atom stereocenters. The summed E-state index contributed by atoms with van der Waals surface area (Å²) in [5, 5.41) is 20.1. The van der Waals surface area contributed by atoms with Crippen LogP contribution >= 0.6 is 0 Å². The minimum atomic E-state index is -3.83. The summed E-state index contributed by atoms with van der Waals surface area (Å²) in [5.41, 5.74) is 5.12. The maximum atomic E-state index is 12.4. The fourth-order valence-electron chi connectivity index (χ4n) is 2.15. The summed E-state index contributed by atoms with van der Waals surface area (Å²) in [7, 11) is -3.83. The molecule has 1 fully saturated rings. The minimum Gasteiger partial charge on any atom is -0.502 e. The molecule has 110 valence electrons. The molecule has 9 heteroatoms. The zero-order valence-electron chi connectivity index (χ0n) is 10.6. The number of hydrogen-bond donors (Lipinski definition) is 2. The van der Waals surface area contributed by atoms with Crippen molar-refractivity contribution in [2.24, 2.45) is 5.73 Å². The molecule has 1 aliphatic heterocycles. The fraction of sp³-hybridized carbons (Fsp3) is 0.455. The van der Waals surface area contributed by atoms with E-state index in [1.54, 1.807) is 0 Å². The largest absolute Gasteiger partial charge is 0.502 e. The number of rotatable bonds is 3. The summed E-state index contributed by atoms with van der Waals surface area (Å²) < 4.78 is 26.0. The number of sulfonamides is 1. The van der Waals surface area contributed by atoms with E-state index in [0.717, 1.165) is 24.6 Å². The lowest BCUT2D eigenvalue weighted by Gasteiger charge is -2.29. The third-order valence-corrected chi connectivity index (χ3v) is 5.06. The van der Waals surface area contributed by atoms with Crippen molar-refractivity contribution in [2.45, 2.75) is 23.8 Å². The summed E-state index contributed by atoms with van der Waals surface area (Å²) in [5.74, 6) is -0.565. The molecule has 0 unspecified atom stereocenters. The molecule has 2 rings (SSSR count).